The van der Waals surface area contributed by atoms with Crippen molar-refractivity contribution in [1.29, 1.82) is 0 Å². The molecule has 4 nitrogen and oxygen atoms in total. The summed E-state index contributed by atoms with van der Waals surface area (Å²) in [7, 11) is 0. The number of fused-ring (bicyclic) bond motifs is 12. The second kappa shape index (κ2) is 12.9. The van der Waals surface area contributed by atoms with Crippen molar-refractivity contribution in [2.24, 2.45) is 0 Å². The molecule has 60 heavy (non-hydrogen) atoms. The lowest BCUT2D eigenvalue weighted by Crippen LogP contribution is -2.07. The molecule has 0 N–H and O–H groups in total. The van der Waals surface area contributed by atoms with Crippen molar-refractivity contribution in [1.82, 2.24) is 19.5 Å². The largest absolute Gasteiger partial charge is 0.277 e. The van der Waals surface area contributed by atoms with Crippen LogP contribution in [0.4, 0.5) is 0 Å². The van der Waals surface area contributed by atoms with E-state index in [1.54, 1.807) is 0 Å². The number of para-hydroxylation sites is 1. The van der Waals surface area contributed by atoms with Gasteiger partial charge in [0, 0.05) is 47.6 Å². The summed E-state index contributed by atoms with van der Waals surface area (Å²) in [5.41, 5.74) is 6.25. The molecule has 0 amide bonds. The lowest BCUT2D eigenvalue weighted by Gasteiger charge is -2.14. The summed E-state index contributed by atoms with van der Waals surface area (Å²) in [5, 5.41) is 14.5. The maximum absolute atomic E-state index is 5.42. The fraction of sp³-hybridized carbons (Fsp3) is 0. The topological polar surface area (TPSA) is 43.6 Å². The van der Waals surface area contributed by atoms with E-state index in [-0.39, 0.29) is 0 Å². The smallest absolute Gasteiger partial charge is 0.238 e. The summed E-state index contributed by atoms with van der Waals surface area (Å²) in [6, 6.07) is 69.8. The van der Waals surface area contributed by atoms with Crippen molar-refractivity contribution in [3.8, 4) is 39.9 Å². The minimum atomic E-state index is 0.576. The Morgan fingerprint density at radius 3 is 1.57 bits per heavy atom. The molecule has 10 aromatic carbocycles. The van der Waals surface area contributed by atoms with Crippen LogP contribution in [-0.2, 0) is 0 Å². The molecule has 0 spiro atoms. The first-order chi connectivity index (χ1) is 29.7. The standard InChI is InChI=1S/C55H32N4S/c1-3-14-37-30-40(22-20-33(37)10-1)53-56-54(41-23-21-34-11-2-4-15-38(34)31-41)58-55(57-53)59-47-27-24-35-12-5-7-16-42(35)50(47)45-19-9-18-44(52(45)59)39-26-28-48-46(32-39)51-43-17-8-6-13-36(43)25-29-49(51)60-48/h1-32H. The van der Waals surface area contributed by atoms with Crippen LogP contribution in [0.15, 0.2) is 194 Å². The molecule has 0 aliphatic heterocycles. The maximum atomic E-state index is 5.42. The highest BCUT2D eigenvalue weighted by Gasteiger charge is 2.23. The highest BCUT2D eigenvalue weighted by molar-refractivity contribution is 7.26. The van der Waals surface area contributed by atoms with Crippen LogP contribution in [0.1, 0.15) is 0 Å². The van der Waals surface area contributed by atoms with Crippen molar-refractivity contribution in [2.45, 2.75) is 0 Å². The Morgan fingerprint density at radius 2 is 0.883 bits per heavy atom. The quantitative estimate of drug-likeness (QED) is 0.179. The van der Waals surface area contributed by atoms with Crippen LogP contribution in [0.3, 0.4) is 0 Å². The van der Waals surface area contributed by atoms with Crippen LogP contribution in [0, 0.1) is 0 Å². The van der Waals surface area contributed by atoms with Gasteiger partial charge in [-0.1, -0.05) is 158 Å². The van der Waals surface area contributed by atoms with Gasteiger partial charge in [0.15, 0.2) is 11.6 Å². The molecule has 13 rings (SSSR count). The number of thiophene rings is 1. The number of aromatic nitrogens is 4. The van der Waals surface area contributed by atoms with Gasteiger partial charge in [-0.15, -0.1) is 11.3 Å². The van der Waals surface area contributed by atoms with E-state index in [1.165, 1.54) is 57.9 Å². The molecule has 278 valence electrons. The van der Waals surface area contributed by atoms with Gasteiger partial charge in [-0.25, -0.2) is 4.98 Å². The molecule has 13 aromatic rings. The molecule has 0 atom stereocenters. The van der Waals surface area contributed by atoms with Crippen LogP contribution in [-0.4, -0.2) is 19.5 Å². The Labute approximate surface area is 348 Å². The van der Waals surface area contributed by atoms with E-state index in [2.05, 4.69) is 199 Å². The Balaban J connectivity index is 1.13. The predicted molar refractivity (Wildman–Crippen MR) is 253 cm³/mol. The zero-order chi connectivity index (χ0) is 39.3. The number of nitrogens with zero attached hydrogens (tertiary/aromatic N) is 4. The number of benzene rings is 10. The van der Waals surface area contributed by atoms with Crippen molar-refractivity contribution in [3.05, 3.63) is 194 Å². The lowest BCUT2D eigenvalue weighted by atomic mass is 9.97. The van der Waals surface area contributed by atoms with E-state index >= 15 is 0 Å². The second-order valence-electron chi connectivity index (χ2n) is 15.6. The summed E-state index contributed by atoms with van der Waals surface area (Å²) < 4.78 is 4.86. The average molecular weight is 781 g/mol. The molecule has 0 fully saturated rings. The third kappa shape index (κ3) is 5.06. The Kier molecular flexibility index (Phi) is 7.14. The third-order valence-electron chi connectivity index (χ3n) is 12.2. The van der Waals surface area contributed by atoms with Crippen LogP contribution in [0.25, 0.3) is 125 Å². The van der Waals surface area contributed by atoms with E-state index in [0.29, 0.717) is 17.6 Å². The van der Waals surface area contributed by atoms with Crippen molar-refractivity contribution < 1.29 is 0 Å². The second-order valence-corrected chi connectivity index (χ2v) is 16.7. The zero-order valence-corrected chi connectivity index (χ0v) is 33.0. The minimum absolute atomic E-state index is 0.576. The van der Waals surface area contributed by atoms with Gasteiger partial charge in [0.25, 0.3) is 0 Å². The first-order valence-electron chi connectivity index (χ1n) is 20.3. The number of hydrogen-bond acceptors (Lipinski definition) is 4. The Bertz CT molecular complexity index is 3820. The number of rotatable bonds is 4. The van der Waals surface area contributed by atoms with Gasteiger partial charge in [0.1, 0.15) is 0 Å². The first kappa shape index (κ1) is 33.3. The summed E-state index contributed by atoms with van der Waals surface area (Å²) in [6.45, 7) is 0. The lowest BCUT2D eigenvalue weighted by molar-refractivity contribution is 0.954. The van der Waals surface area contributed by atoms with E-state index in [9.17, 15) is 0 Å². The van der Waals surface area contributed by atoms with Gasteiger partial charge in [0.05, 0.1) is 11.0 Å². The Hall–Kier alpha value is -7.73. The van der Waals surface area contributed by atoms with Gasteiger partial charge in [-0.2, -0.15) is 9.97 Å². The summed E-state index contributed by atoms with van der Waals surface area (Å²) in [4.78, 5) is 16.1. The molecule has 0 saturated carbocycles. The SMILES string of the molecule is c1ccc2cc(-c3nc(-c4ccc5ccccc5c4)nc(-n4c5ccc6ccccc6c5c5cccc(-c6ccc7sc8ccc9ccccc9c8c7c6)c54)n3)ccc2c1. The van der Waals surface area contributed by atoms with Crippen LogP contribution >= 0.6 is 11.3 Å². The first-order valence-corrected chi connectivity index (χ1v) is 21.1. The maximum Gasteiger partial charge on any atom is 0.238 e. The molecule has 0 aliphatic carbocycles. The average Bonchev–Trinajstić information content (AvgIpc) is 3.87. The molecular weight excluding hydrogens is 749 g/mol. The molecule has 0 radical (unpaired) electrons. The molecule has 3 heterocycles. The fourth-order valence-electron chi connectivity index (χ4n) is 9.37. The molecular formula is C55H32N4S. The Morgan fingerprint density at radius 1 is 0.350 bits per heavy atom. The third-order valence-corrected chi connectivity index (χ3v) is 13.3. The van der Waals surface area contributed by atoms with Gasteiger partial charge >= 0.3 is 0 Å². The van der Waals surface area contributed by atoms with E-state index in [4.69, 9.17) is 15.0 Å². The van der Waals surface area contributed by atoms with Crippen molar-refractivity contribution >= 4 is 96.4 Å². The molecule has 5 heteroatoms. The van der Waals surface area contributed by atoms with E-state index < -0.39 is 0 Å². The highest BCUT2D eigenvalue weighted by atomic mass is 32.1. The molecule has 0 bridgehead atoms. The van der Waals surface area contributed by atoms with Crippen LogP contribution in [0.5, 0.6) is 0 Å². The highest BCUT2D eigenvalue weighted by Crippen LogP contribution is 2.44. The zero-order valence-electron chi connectivity index (χ0n) is 32.2. The molecule has 0 saturated heterocycles. The van der Waals surface area contributed by atoms with Crippen molar-refractivity contribution in [3.63, 3.8) is 0 Å². The van der Waals surface area contributed by atoms with Gasteiger partial charge in [-0.3, -0.25) is 4.57 Å². The predicted octanol–water partition coefficient (Wildman–Crippen LogP) is 15.0. The molecule has 0 aliphatic rings. The van der Waals surface area contributed by atoms with Gasteiger partial charge < -0.3 is 0 Å². The van der Waals surface area contributed by atoms with Crippen LogP contribution in [0.2, 0.25) is 0 Å². The van der Waals surface area contributed by atoms with Crippen LogP contribution < -0.4 is 0 Å². The number of hydrogen-bond donors (Lipinski definition) is 0. The summed E-state index contributed by atoms with van der Waals surface area (Å²) in [5.74, 6) is 1.83. The van der Waals surface area contributed by atoms with E-state index in [1.807, 2.05) is 11.3 Å². The normalized spacial score (nSPS) is 12.0. The van der Waals surface area contributed by atoms with E-state index in [0.717, 1.165) is 49.4 Å². The molecule has 0 unspecified atom stereocenters. The fourth-order valence-corrected chi connectivity index (χ4v) is 10.5. The van der Waals surface area contributed by atoms with Crippen molar-refractivity contribution in [2.75, 3.05) is 0 Å². The van der Waals surface area contributed by atoms with Gasteiger partial charge in [-0.05, 0) is 85.1 Å². The summed E-state index contributed by atoms with van der Waals surface area (Å²) in [6.07, 6.45) is 0. The van der Waals surface area contributed by atoms with Gasteiger partial charge in [0.2, 0.25) is 5.95 Å². The minimum Gasteiger partial charge on any atom is -0.277 e. The summed E-state index contributed by atoms with van der Waals surface area (Å²) >= 11 is 1.86. The monoisotopic (exact) mass is 780 g/mol. The molecule has 3 aromatic heterocycles.